The summed E-state index contributed by atoms with van der Waals surface area (Å²) in [7, 11) is 0. The van der Waals surface area contributed by atoms with Gasteiger partial charge in [0.25, 0.3) is 5.91 Å². The van der Waals surface area contributed by atoms with E-state index in [-0.39, 0.29) is 5.91 Å². The normalized spacial score (nSPS) is 17.4. The topological polar surface area (TPSA) is 58.1 Å². The highest BCUT2D eigenvalue weighted by Crippen LogP contribution is 2.26. The minimum atomic E-state index is -0.0141. The Morgan fingerprint density at radius 1 is 1.36 bits per heavy atom. The van der Waals surface area contributed by atoms with E-state index >= 15 is 0 Å². The van der Waals surface area contributed by atoms with E-state index in [1.165, 1.54) is 12.7 Å². The average Bonchev–Trinajstić information content (AvgIpc) is 2.65. The third kappa shape index (κ3) is 3.93. The quantitative estimate of drug-likeness (QED) is 0.868. The Kier molecular flexibility index (Phi) is 5.53. The Morgan fingerprint density at radius 2 is 2.20 bits per heavy atom. The summed E-state index contributed by atoms with van der Waals surface area (Å²) in [5.74, 6) is 0.577. The summed E-state index contributed by atoms with van der Waals surface area (Å²) < 4.78 is 0. The van der Waals surface area contributed by atoms with Gasteiger partial charge >= 0.3 is 0 Å². The van der Waals surface area contributed by atoms with Crippen LogP contribution >= 0.6 is 11.6 Å². The zero-order chi connectivity index (χ0) is 17.8. The number of carbonyl (C=O) groups excluding carboxylic acids is 1. The molecule has 1 N–H and O–H groups in total. The monoisotopic (exact) mass is 358 g/mol. The lowest BCUT2D eigenvalue weighted by atomic mass is 9.99. The van der Waals surface area contributed by atoms with Gasteiger partial charge in [0, 0.05) is 29.4 Å². The minimum absolute atomic E-state index is 0.0141. The van der Waals surface area contributed by atoms with Crippen LogP contribution in [0.5, 0.6) is 0 Å². The van der Waals surface area contributed by atoms with Crippen molar-refractivity contribution in [1.29, 1.82) is 0 Å². The van der Waals surface area contributed by atoms with E-state index in [1.54, 1.807) is 6.07 Å². The second-order valence-corrected chi connectivity index (χ2v) is 6.79. The van der Waals surface area contributed by atoms with E-state index in [0.717, 1.165) is 37.1 Å². The molecule has 0 saturated carbocycles. The number of hydrogen-bond acceptors (Lipinski definition) is 4. The van der Waals surface area contributed by atoms with E-state index in [0.29, 0.717) is 22.6 Å². The standard InChI is InChI=1S/C19H23ClN4O/c1-3-14-7-4-5-10-24(14)19(25)17-11-18(22-12-21-17)23-16-9-6-8-15(20)13(16)2/h6,8-9,11-12,14H,3-5,7,10H2,1-2H3,(H,21,22,23). The molecule has 1 saturated heterocycles. The Bertz CT molecular complexity index is 765. The van der Waals surface area contributed by atoms with Crippen molar-refractivity contribution < 1.29 is 4.79 Å². The molecule has 0 spiro atoms. The molecule has 1 atom stereocenters. The number of likely N-dealkylation sites (tertiary alicyclic amines) is 1. The molecule has 1 unspecified atom stereocenters. The molecule has 25 heavy (non-hydrogen) atoms. The van der Waals surface area contributed by atoms with Crippen molar-refractivity contribution >= 4 is 29.0 Å². The first-order valence-corrected chi connectivity index (χ1v) is 9.13. The number of nitrogens with one attached hydrogen (secondary N) is 1. The number of aromatic nitrogens is 2. The van der Waals surface area contributed by atoms with E-state index < -0.39 is 0 Å². The third-order valence-corrected chi connectivity index (χ3v) is 5.19. The number of benzene rings is 1. The molecule has 0 aliphatic carbocycles. The van der Waals surface area contributed by atoms with Gasteiger partial charge in [0.15, 0.2) is 0 Å². The van der Waals surface area contributed by atoms with Crippen LogP contribution in [0.15, 0.2) is 30.6 Å². The number of amides is 1. The van der Waals surface area contributed by atoms with E-state index in [4.69, 9.17) is 11.6 Å². The molecule has 132 valence electrons. The summed E-state index contributed by atoms with van der Waals surface area (Å²) in [4.78, 5) is 23.3. The van der Waals surface area contributed by atoms with Crippen LogP contribution in [0, 0.1) is 6.92 Å². The van der Waals surface area contributed by atoms with Crippen LogP contribution in [-0.2, 0) is 0 Å². The summed E-state index contributed by atoms with van der Waals surface area (Å²) >= 11 is 6.16. The summed E-state index contributed by atoms with van der Waals surface area (Å²) in [5, 5.41) is 3.92. The highest BCUT2D eigenvalue weighted by molar-refractivity contribution is 6.31. The van der Waals surface area contributed by atoms with Gasteiger partial charge in [0.2, 0.25) is 0 Å². The van der Waals surface area contributed by atoms with Crippen LogP contribution in [0.3, 0.4) is 0 Å². The van der Waals surface area contributed by atoms with Crippen LogP contribution in [0.4, 0.5) is 11.5 Å². The van der Waals surface area contributed by atoms with Crippen molar-refractivity contribution in [3.05, 3.63) is 46.9 Å². The molecule has 1 aliphatic rings. The van der Waals surface area contributed by atoms with Crippen LogP contribution < -0.4 is 5.32 Å². The zero-order valence-corrected chi connectivity index (χ0v) is 15.4. The highest BCUT2D eigenvalue weighted by Gasteiger charge is 2.27. The maximum Gasteiger partial charge on any atom is 0.272 e. The maximum atomic E-state index is 12.9. The Hall–Kier alpha value is -2.14. The minimum Gasteiger partial charge on any atom is -0.340 e. The summed E-state index contributed by atoms with van der Waals surface area (Å²) in [6.45, 7) is 4.88. The number of nitrogens with zero attached hydrogens (tertiary/aromatic N) is 3. The fourth-order valence-electron chi connectivity index (χ4n) is 3.26. The largest absolute Gasteiger partial charge is 0.340 e. The van der Waals surface area contributed by atoms with Crippen molar-refractivity contribution in [1.82, 2.24) is 14.9 Å². The predicted octanol–water partition coefficient (Wildman–Crippen LogP) is 4.59. The lowest BCUT2D eigenvalue weighted by Crippen LogP contribution is -2.43. The molecule has 3 rings (SSSR count). The smallest absolute Gasteiger partial charge is 0.272 e. The fourth-order valence-corrected chi connectivity index (χ4v) is 3.44. The van der Waals surface area contributed by atoms with E-state index in [1.807, 2.05) is 30.0 Å². The van der Waals surface area contributed by atoms with Gasteiger partial charge in [-0.3, -0.25) is 4.79 Å². The van der Waals surface area contributed by atoms with Crippen molar-refractivity contribution in [3.63, 3.8) is 0 Å². The first kappa shape index (κ1) is 17.7. The first-order valence-electron chi connectivity index (χ1n) is 8.75. The molecule has 1 aromatic carbocycles. The molecular weight excluding hydrogens is 336 g/mol. The molecule has 1 aliphatic heterocycles. The zero-order valence-electron chi connectivity index (χ0n) is 14.6. The van der Waals surface area contributed by atoms with Gasteiger partial charge in [0.1, 0.15) is 17.8 Å². The summed E-state index contributed by atoms with van der Waals surface area (Å²) in [5.41, 5.74) is 2.24. The van der Waals surface area contributed by atoms with Crippen molar-refractivity contribution in [2.24, 2.45) is 0 Å². The number of piperidine rings is 1. The first-order chi connectivity index (χ1) is 12.1. The second kappa shape index (κ2) is 7.83. The molecule has 0 radical (unpaired) electrons. The molecule has 2 aromatic rings. The second-order valence-electron chi connectivity index (χ2n) is 6.38. The van der Waals surface area contributed by atoms with E-state index in [9.17, 15) is 4.79 Å². The maximum absolute atomic E-state index is 12.9. The predicted molar refractivity (Wildman–Crippen MR) is 100 cm³/mol. The lowest BCUT2D eigenvalue weighted by Gasteiger charge is -2.35. The molecule has 6 heteroatoms. The van der Waals surface area contributed by atoms with Gasteiger partial charge in [-0.1, -0.05) is 24.6 Å². The Balaban J connectivity index is 1.81. The van der Waals surface area contributed by atoms with Gasteiger partial charge in [-0.25, -0.2) is 9.97 Å². The summed E-state index contributed by atoms with van der Waals surface area (Å²) in [6.07, 6.45) is 5.72. The van der Waals surface area contributed by atoms with Crippen molar-refractivity contribution in [2.45, 2.75) is 45.6 Å². The summed E-state index contributed by atoms with van der Waals surface area (Å²) in [6, 6.07) is 7.68. The van der Waals surface area contributed by atoms with Crippen molar-refractivity contribution in [2.75, 3.05) is 11.9 Å². The molecular formula is C19H23ClN4O. The van der Waals surface area contributed by atoms with Gasteiger partial charge in [-0.05, 0) is 50.3 Å². The molecule has 1 aromatic heterocycles. The number of carbonyl (C=O) groups is 1. The van der Waals surface area contributed by atoms with Gasteiger partial charge in [-0.2, -0.15) is 0 Å². The van der Waals surface area contributed by atoms with Gasteiger partial charge < -0.3 is 10.2 Å². The molecule has 1 amide bonds. The Labute approximate surface area is 153 Å². The fraction of sp³-hybridized carbons (Fsp3) is 0.421. The number of halogens is 1. The van der Waals surface area contributed by atoms with Crippen LogP contribution in [0.25, 0.3) is 0 Å². The van der Waals surface area contributed by atoms with Crippen molar-refractivity contribution in [3.8, 4) is 0 Å². The average molecular weight is 359 g/mol. The highest BCUT2D eigenvalue weighted by atomic mass is 35.5. The van der Waals surface area contributed by atoms with Gasteiger partial charge in [0.05, 0.1) is 0 Å². The Morgan fingerprint density at radius 3 is 3.00 bits per heavy atom. The van der Waals surface area contributed by atoms with Gasteiger partial charge in [-0.15, -0.1) is 0 Å². The molecule has 1 fully saturated rings. The lowest BCUT2D eigenvalue weighted by molar-refractivity contribution is 0.0602. The number of anilines is 2. The van der Waals surface area contributed by atoms with Crippen LogP contribution in [-0.4, -0.2) is 33.4 Å². The SMILES string of the molecule is CCC1CCCCN1C(=O)c1cc(Nc2cccc(Cl)c2C)ncn1. The molecule has 5 nitrogen and oxygen atoms in total. The van der Waals surface area contributed by atoms with E-state index in [2.05, 4.69) is 22.2 Å². The number of rotatable bonds is 4. The van der Waals surface area contributed by atoms with Crippen LogP contribution in [0.2, 0.25) is 5.02 Å². The molecule has 2 heterocycles. The third-order valence-electron chi connectivity index (χ3n) is 4.78. The number of hydrogen-bond donors (Lipinski definition) is 1. The van der Waals surface area contributed by atoms with Crippen LogP contribution in [0.1, 0.15) is 48.7 Å². The molecule has 0 bridgehead atoms.